The quantitative estimate of drug-likeness (QED) is 0.571. The summed E-state index contributed by atoms with van der Waals surface area (Å²) >= 11 is 0. The van der Waals surface area contributed by atoms with Gasteiger partial charge in [0.2, 0.25) is 5.95 Å². The molecule has 20 heavy (non-hydrogen) atoms. The molecule has 0 bridgehead atoms. The number of nitrogens with one attached hydrogen (secondary N) is 1. The second kappa shape index (κ2) is 4.92. The van der Waals surface area contributed by atoms with Crippen molar-refractivity contribution in [1.29, 1.82) is 0 Å². The third kappa shape index (κ3) is 2.26. The number of fused-ring (bicyclic) bond motifs is 1. The van der Waals surface area contributed by atoms with E-state index in [0.29, 0.717) is 18.1 Å². The van der Waals surface area contributed by atoms with Crippen molar-refractivity contribution >= 4 is 17.3 Å². The highest BCUT2D eigenvalue weighted by atomic mass is 16.6. The fourth-order valence-corrected chi connectivity index (χ4v) is 1.84. The van der Waals surface area contributed by atoms with E-state index in [0.717, 1.165) is 5.56 Å². The van der Waals surface area contributed by atoms with Crippen molar-refractivity contribution in [2.24, 2.45) is 0 Å². The van der Waals surface area contributed by atoms with Crippen LogP contribution in [0.2, 0.25) is 0 Å². The van der Waals surface area contributed by atoms with Crippen LogP contribution in [0.5, 0.6) is 0 Å². The normalized spacial score (nSPS) is 10.6. The standard InChI is InChI=1S/C12H10N6O2/c19-18(20)10-3-1-2-9(6-10)7-13-12-15-8-14-11-4-5-16-17(11)12/h1-6,8H,7H2,(H,13,14,15). The average Bonchev–Trinajstić information content (AvgIpc) is 2.94. The number of non-ortho nitro benzene ring substituents is 1. The van der Waals surface area contributed by atoms with Gasteiger partial charge in [-0.3, -0.25) is 10.1 Å². The molecule has 0 aliphatic heterocycles. The lowest BCUT2D eigenvalue weighted by atomic mass is 10.2. The molecule has 0 saturated heterocycles. The molecule has 2 heterocycles. The van der Waals surface area contributed by atoms with E-state index in [1.165, 1.54) is 18.5 Å². The first-order valence-electron chi connectivity index (χ1n) is 5.86. The van der Waals surface area contributed by atoms with Crippen molar-refractivity contribution in [2.75, 3.05) is 5.32 Å². The van der Waals surface area contributed by atoms with Gasteiger partial charge < -0.3 is 5.32 Å². The lowest BCUT2D eigenvalue weighted by molar-refractivity contribution is -0.384. The number of hydrogen-bond acceptors (Lipinski definition) is 6. The number of benzene rings is 1. The minimum absolute atomic E-state index is 0.0659. The van der Waals surface area contributed by atoms with Crippen LogP contribution < -0.4 is 5.32 Å². The fraction of sp³-hybridized carbons (Fsp3) is 0.0833. The SMILES string of the molecule is O=[N+]([O-])c1cccc(CNc2ncnc3ccnn23)c1. The third-order valence-corrected chi connectivity index (χ3v) is 2.77. The van der Waals surface area contributed by atoms with Crippen LogP contribution in [0, 0.1) is 10.1 Å². The first-order chi connectivity index (χ1) is 9.74. The maximum Gasteiger partial charge on any atom is 0.269 e. The Bertz CT molecular complexity index is 769. The van der Waals surface area contributed by atoms with E-state index >= 15 is 0 Å². The molecule has 1 N–H and O–H groups in total. The van der Waals surface area contributed by atoms with Gasteiger partial charge in [-0.2, -0.15) is 9.61 Å². The summed E-state index contributed by atoms with van der Waals surface area (Å²) in [5, 5.41) is 17.9. The van der Waals surface area contributed by atoms with Crippen molar-refractivity contribution in [3.05, 3.63) is 58.5 Å². The Hall–Kier alpha value is -3.03. The lowest BCUT2D eigenvalue weighted by Crippen LogP contribution is -2.08. The molecule has 8 heteroatoms. The summed E-state index contributed by atoms with van der Waals surface area (Å²) in [5.41, 5.74) is 1.54. The van der Waals surface area contributed by atoms with Crippen LogP contribution in [-0.2, 0) is 6.54 Å². The highest BCUT2D eigenvalue weighted by Gasteiger charge is 2.07. The van der Waals surface area contributed by atoms with E-state index in [2.05, 4.69) is 20.4 Å². The summed E-state index contributed by atoms with van der Waals surface area (Å²) in [6.07, 6.45) is 3.06. The molecule has 2 aromatic heterocycles. The number of nitro groups is 1. The Balaban J connectivity index is 1.81. The third-order valence-electron chi connectivity index (χ3n) is 2.77. The van der Waals surface area contributed by atoms with E-state index in [4.69, 9.17) is 0 Å². The molecule has 0 atom stereocenters. The van der Waals surface area contributed by atoms with Gasteiger partial charge in [-0.15, -0.1) is 0 Å². The summed E-state index contributed by atoms with van der Waals surface area (Å²) in [7, 11) is 0. The lowest BCUT2D eigenvalue weighted by Gasteiger charge is -2.06. The molecule has 3 aromatic rings. The van der Waals surface area contributed by atoms with Crippen LogP contribution in [0.15, 0.2) is 42.9 Å². The zero-order valence-electron chi connectivity index (χ0n) is 10.3. The van der Waals surface area contributed by atoms with Gasteiger partial charge in [0.15, 0.2) is 5.65 Å². The number of nitrogens with zero attached hydrogens (tertiary/aromatic N) is 5. The van der Waals surface area contributed by atoms with Crippen LogP contribution in [0.3, 0.4) is 0 Å². The predicted molar refractivity (Wildman–Crippen MR) is 71.2 cm³/mol. The highest BCUT2D eigenvalue weighted by Crippen LogP contribution is 2.14. The molecule has 0 unspecified atom stereocenters. The fourth-order valence-electron chi connectivity index (χ4n) is 1.84. The number of aromatic nitrogens is 4. The van der Waals surface area contributed by atoms with Gasteiger partial charge in [0, 0.05) is 24.7 Å². The van der Waals surface area contributed by atoms with Gasteiger partial charge >= 0.3 is 0 Å². The summed E-state index contributed by atoms with van der Waals surface area (Å²) in [6, 6.07) is 8.20. The number of rotatable bonds is 4. The molecule has 0 spiro atoms. The van der Waals surface area contributed by atoms with E-state index in [9.17, 15) is 10.1 Å². The predicted octanol–water partition coefficient (Wildman–Crippen LogP) is 1.64. The zero-order valence-corrected chi connectivity index (χ0v) is 10.3. The van der Waals surface area contributed by atoms with Gasteiger partial charge in [-0.05, 0) is 5.56 Å². The van der Waals surface area contributed by atoms with Crippen molar-refractivity contribution in [3.8, 4) is 0 Å². The molecule has 0 aliphatic rings. The van der Waals surface area contributed by atoms with E-state index in [1.54, 1.807) is 22.8 Å². The van der Waals surface area contributed by atoms with Crippen LogP contribution in [0.1, 0.15) is 5.56 Å². The van der Waals surface area contributed by atoms with Crippen LogP contribution in [-0.4, -0.2) is 24.5 Å². The first kappa shape index (κ1) is 12.0. The molecule has 100 valence electrons. The van der Waals surface area contributed by atoms with Gasteiger partial charge in [0.05, 0.1) is 11.1 Å². The maximum absolute atomic E-state index is 10.7. The smallest absolute Gasteiger partial charge is 0.269 e. The summed E-state index contributed by atoms with van der Waals surface area (Å²) in [4.78, 5) is 18.5. The van der Waals surface area contributed by atoms with Gasteiger partial charge in [0.25, 0.3) is 5.69 Å². The maximum atomic E-state index is 10.7. The molecule has 0 radical (unpaired) electrons. The molecule has 0 saturated carbocycles. The molecule has 1 aromatic carbocycles. The Morgan fingerprint density at radius 2 is 2.20 bits per heavy atom. The van der Waals surface area contributed by atoms with Crippen LogP contribution in [0.4, 0.5) is 11.6 Å². The minimum Gasteiger partial charge on any atom is -0.350 e. The molecule has 8 nitrogen and oxygen atoms in total. The molecular formula is C12H10N6O2. The van der Waals surface area contributed by atoms with Gasteiger partial charge in [0.1, 0.15) is 6.33 Å². The first-order valence-corrected chi connectivity index (χ1v) is 5.86. The monoisotopic (exact) mass is 270 g/mol. The summed E-state index contributed by atoms with van der Waals surface area (Å²) < 4.78 is 1.57. The van der Waals surface area contributed by atoms with Crippen LogP contribution >= 0.6 is 0 Å². The number of nitro benzene ring substituents is 1. The number of anilines is 1. The minimum atomic E-state index is -0.417. The highest BCUT2D eigenvalue weighted by molar-refractivity contribution is 5.43. The molecule has 3 rings (SSSR count). The topological polar surface area (TPSA) is 98.2 Å². The van der Waals surface area contributed by atoms with E-state index in [1.807, 2.05) is 6.07 Å². The van der Waals surface area contributed by atoms with Crippen molar-refractivity contribution in [3.63, 3.8) is 0 Å². The Kier molecular flexibility index (Phi) is 2.96. The zero-order chi connectivity index (χ0) is 13.9. The van der Waals surface area contributed by atoms with Crippen LogP contribution in [0.25, 0.3) is 5.65 Å². The number of hydrogen-bond donors (Lipinski definition) is 1. The van der Waals surface area contributed by atoms with E-state index in [-0.39, 0.29) is 5.69 Å². The largest absolute Gasteiger partial charge is 0.350 e. The second-order valence-corrected chi connectivity index (χ2v) is 4.08. The Labute approximate surface area is 113 Å². The van der Waals surface area contributed by atoms with Crippen molar-refractivity contribution in [1.82, 2.24) is 19.6 Å². The molecule has 0 fully saturated rings. The Morgan fingerprint density at radius 3 is 3.05 bits per heavy atom. The van der Waals surface area contributed by atoms with E-state index < -0.39 is 4.92 Å². The molecule has 0 aliphatic carbocycles. The van der Waals surface area contributed by atoms with Gasteiger partial charge in [-0.25, -0.2) is 9.97 Å². The summed E-state index contributed by atoms with van der Waals surface area (Å²) in [5.74, 6) is 0.534. The molecule has 0 amide bonds. The van der Waals surface area contributed by atoms with Crippen molar-refractivity contribution in [2.45, 2.75) is 6.54 Å². The van der Waals surface area contributed by atoms with Gasteiger partial charge in [-0.1, -0.05) is 12.1 Å². The Morgan fingerprint density at radius 1 is 1.30 bits per heavy atom. The van der Waals surface area contributed by atoms with Crippen molar-refractivity contribution < 1.29 is 4.92 Å². The second-order valence-electron chi connectivity index (χ2n) is 4.08. The molecular weight excluding hydrogens is 260 g/mol. The average molecular weight is 270 g/mol. The summed E-state index contributed by atoms with van der Waals surface area (Å²) in [6.45, 7) is 0.410.